The molecule has 0 spiro atoms. The largest absolute Gasteiger partial charge is 0.368 e. The molecule has 0 unspecified atom stereocenters. The highest BCUT2D eigenvalue weighted by atomic mass is 16.2. The van der Waals surface area contributed by atoms with Crippen LogP contribution in [0.5, 0.6) is 0 Å². The minimum absolute atomic E-state index is 0.125. The summed E-state index contributed by atoms with van der Waals surface area (Å²) in [6.45, 7) is 1.99. The normalized spacial score (nSPS) is 10.7. The van der Waals surface area contributed by atoms with Gasteiger partial charge in [0.2, 0.25) is 11.9 Å². The van der Waals surface area contributed by atoms with Crippen molar-refractivity contribution in [1.82, 2.24) is 14.8 Å². The second kappa shape index (κ2) is 6.44. The number of hydrogen-bond donors (Lipinski definition) is 1. The first-order valence-electron chi connectivity index (χ1n) is 7.50. The first-order valence-corrected chi connectivity index (χ1v) is 7.50. The number of rotatable bonds is 4. The maximum atomic E-state index is 12.3. The lowest BCUT2D eigenvalue weighted by atomic mass is 10.1. The Labute approximate surface area is 134 Å². The molecule has 5 heteroatoms. The summed E-state index contributed by atoms with van der Waals surface area (Å²) >= 11 is 0. The number of carbonyl (C=O) groups is 1. The molecule has 0 fully saturated rings. The second-order valence-corrected chi connectivity index (χ2v) is 5.45. The van der Waals surface area contributed by atoms with Crippen LogP contribution in [0.3, 0.4) is 0 Å². The highest BCUT2D eigenvalue weighted by Crippen LogP contribution is 2.18. The average Bonchev–Trinajstić information content (AvgIpc) is 2.96. The molecule has 0 radical (unpaired) electrons. The minimum Gasteiger partial charge on any atom is -0.368 e. The number of nitrogens with two attached hydrogens (primary N) is 1. The number of aromatic nitrogens is 3. The van der Waals surface area contributed by atoms with E-state index in [1.54, 1.807) is 0 Å². The third-order valence-corrected chi connectivity index (χ3v) is 3.62. The van der Waals surface area contributed by atoms with E-state index in [0.29, 0.717) is 18.7 Å². The topological polar surface area (TPSA) is 73.8 Å². The monoisotopic (exact) mass is 306 g/mol. The summed E-state index contributed by atoms with van der Waals surface area (Å²) in [4.78, 5) is 16.5. The number of benzene rings is 2. The van der Waals surface area contributed by atoms with Gasteiger partial charge in [0.05, 0.1) is 0 Å². The molecule has 2 aromatic carbocycles. The highest BCUT2D eigenvalue weighted by molar-refractivity contribution is 5.81. The first kappa shape index (κ1) is 15.0. The first-order chi connectivity index (χ1) is 11.1. The van der Waals surface area contributed by atoms with Crippen molar-refractivity contribution in [3.63, 3.8) is 0 Å². The number of nitrogen functional groups attached to an aromatic ring is 1. The molecule has 0 saturated carbocycles. The molecule has 0 aliphatic rings. The zero-order valence-corrected chi connectivity index (χ0v) is 12.9. The van der Waals surface area contributed by atoms with Gasteiger partial charge in [0.25, 0.3) is 0 Å². The summed E-state index contributed by atoms with van der Waals surface area (Å²) < 4.78 is 1.20. The molecular formula is C18H18N4O. The van der Waals surface area contributed by atoms with E-state index in [2.05, 4.69) is 10.1 Å². The molecule has 23 heavy (non-hydrogen) atoms. The van der Waals surface area contributed by atoms with E-state index in [0.717, 1.165) is 16.7 Å². The third-order valence-electron chi connectivity index (χ3n) is 3.62. The van der Waals surface area contributed by atoms with Crippen LogP contribution in [0.25, 0.3) is 11.4 Å². The van der Waals surface area contributed by atoms with Gasteiger partial charge in [-0.1, -0.05) is 54.1 Å². The molecule has 0 aliphatic carbocycles. The standard InChI is InChI=1S/C18H18N4O/c1-13-6-5-9-15(12-13)17-20-18(19)22(21-17)16(23)11-10-14-7-3-2-4-8-14/h2-9,12H,10-11H2,1H3,(H2,19,20,21). The van der Waals surface area contributed by atoms with Crippen LogP contribution < -0.4 is 5.73 Å². The Balaban J connectivity index is 1.76. The third kappa shape index (κ3) is 3.45. The van der Waals surface area contributed by atoms with E-state index in [1.165, 1.54) is 4.68 Å². The van der Waals surface area contributed by atoms with Gasteiger partial charge in [-0.15, -0.1) is 5.10 Å². The number of anilines is 1. The van der Waals surface area contributed by atoms with Crippen molar-refractivity contribution < 1.29 is 4.79 Å². The van der Waals surface area contributed by atoms with E-state index in [4.69, 9.17) is 5.73 Å². The van der Waals surface area contributed by atoms with Gasteiger partial charge in [-0.25, -0.2) is 0 Å². The van der Waals surface area contributed by atoms with Crippen LogP contribution in [0.1, 0.15) is 22.3 Å². The van der Waals surface area contributed by atoms with Crippen molar-refractivity contribution in [3.8, 4) is 11.4 Å². The molecule has 3 aromatic rings. The van der Waals surface area contributed by atoms with Gasteiger partial charge < -0.3 is 5.73 Å². The Hall–Kier alpha value is -2.95. The Morgan fingerprint density at radius 3 is 2.65 bits per heavy atom. The Bertz CT molecular complexity index is 824. The van der Waals surface area contributed by atoms with Crippen molar-refractivity contribution in [2.75, 3.05) is 5.73 Å². The van der Waals surface area contributed by atoms with Crippen LogP contribution in [0.4, 0.5) is 5.95 Å². The molecule has 1 heterocycles. The molecule has 2 N–H and O–H groups in total. The highest BCUT2D eigenvalue weighted by Gasteiger charge is 2.15. The average molecular weight is 306 g/mol. The Morgan fingerprint density at radius 1 is 1.13 bits per heavy atom. The van der Waals surface area contributed by atoms with E-state index in [-0.39, 0.29) is 11.9 Å². The van der Waals surface area contributed by atoms with E-state index in [9.17, 15) is 4.79 Å². The summed E-state index contributed by atoms with van der Waals surface area (Å²) in [6.07, 6.45) is 0.990. The SMILES string of the molecule is Cc1cccc(-c2nc(N)n(C(=O)CCc3ccccc3)n2)c1. The fraction of sp³-hybridized carbons (Fsp3) is 0.167. The van der Waals surface area contributed by atoms with E-state index in [1.807, 2.05) is 61.5 Å². The Morgan fingerprint density at radius 2 is 1.91 bits per heavy atom. The van der Waals surface area contributed by atoms with Crippen LogP contribution in [0, 0.1) is 6.92 Å². The van der Waals surface area contributed by atoms with Crippen molar-refractivity contribution in [2.24, 2.45) is 0 Å². The van der Waals surface area contributed by atoms with Crippen molar-refractivity contribution in [3.05, 3.63) is 65.7 Å². The van der Waals surface area contributed by atoms with Gasteiger partial charge in [0, 0.05) is 12.0 Å². The van der Waals surface area contributed by atoms with E-state index < -0.39 is 0 Å². The molecule has 0 saturated heterocycles. The van der Waals surface area contributed by atoms with Crippen LogP contribution >= 0.6 is 0 Å². The molecule has 3 rings (SSSR count). The number of nitrogens with zero attached hydrogens (tertiary/aromatic N) is 3. The number of aryl methyl sites for hydroxylation is 2. The molecule has 0 aliphatic heterocycles. The van der Waals surface area contributed by atoms with Crippen molar-refractivity contribution in [1.29, 1.82) is 0 Å². The van der Waals surface area contributed by atoms with Crippen LogP contribution in [-0.2, 0) is 6.42 Å². The van der Waals surface area contributed by atoms with Crippen molar-refractivity contribution >= 4 is 11.9 Å². The fourth-order valence-corrected chi connectivity index (χ4v) is 2.42. The van der Waals surface area contributed by atoms with Crippen LogP contribution in [0.2, 0.25) is 0 Å². The summed E-state index contributed by atoms with van der Waals surface area (Å²) in [5.41, 5.74) is 8.92. The maximum Gasteiger partial charge on any atom is 0.250 e. The summed E-state index contributed by atoms with van der Waals surface area (Å²) in [7, 11) is 0. The van der Waals surface area contributed by atoms with Crippen LogP contribution in [0.15, 0.2) is 54.6 Å². The maximum absolute atomic E-state index is 12.3. The molecule has 5 nitrogen and oxygen atoms in total. The lowest BCUT2D eigenvalue weighted by Crippen LogP contribution is -2.15. The lowest BCUT2D eigenvalue weighted by Gasteiger charge is -2.02. The zero-order chi connectivity index (χ0) is 16.2. The lowest BCUT2D eigenvalue weighted by molar-refractivity contribution is 0.0890. The predicted octanol–water partition coefficient (Wildman–Crippen LogP) is 3.11. The number of carbonyl (C=O) groups excluding carboxylic acids is 1. The smallest absolute Gasteiger partial charge is 0.250 e. The molecule has 1 aromatic heterocycles. The Kier molecular flexibility index (Phi) is 4.19. The predicted molar refractivity (Wildman–Crippen MR) is 90.0 cm³/mol. The quantitative estimate of drug-likeness (QED) is 0.803. The van der Waals surface area contributed by atoms with Gasteiger partial charge in [0.1, 0.15) is 0 Å². The van der Waals surface area contributed by atoms with Gasteiger partial charge >= 0.3 is 0 Å². The second-order valence-electron chi connectivity index (χ2n) is 5.45. The fourth-order valence-electron chi connectivity index (χ4n) is 2.42. The summed E-state index contributed by atoms with van der Waals surface area (Å²) in [5.74, 6) is 0.441. The minimum atomic E-state index is -0.155. The molecule has 116 valence electrons. The molecular weight excluding hydrogens is 288 g/mol. The van der Waals surface area contributed by atoms with Gasteiger partial charge in [0.15, 0.2) is 5.82 Å². The van der Waals surface area contributed by atoms with Gasteiger partial charge in [-0.2, -0.15) is 9.67 Å². The summed E-state index contributed by atoms with van der Waals surface area (Å²) in [6, 6.07) is 17.7. The number of hydrogen-bond acceptors (Lipinski definition) is 4. The zero-order valence-electron chi connectivity index (χ0n) is 12.9. The van der Waals surface area contributed by atoms with Crippen molar-refractivity contribution in [2.45, 2.75) is 19.8 Å². The summed E-state index contributed by atoms with van der Waals surface area (Å²) in [5, 5.41) is 4.26. The van der Waals surface area contributed by atoms with Gasteiger partial charge in [-0.05, 0) is 25.0 Å². The van der Waals surface area contributed by atoms with Gasteiger partial charge in [-0.3, -0.25) is 4.79 Å². The molecule has 0 amide bonds. The molecule has 0 atom stereocenters. The van der Waals surface area contributed by atoms with Crippen LogP contribution in [-0.4, -0.2) is 20.7 Å². The van der Waals surface area contributed by atoms with E-state index >= 15 is 0 Å². The molecule has 0 bridgehead atoms.